The Hall–Kier alpha value is -1.24. The van der Waals surface area contributed by atoms with Crippen LogP contribution in [0, 0.1) is 6.92 Å². The van der Waals surface area contributed by atoms with E-state index in [1.165, 1.54) is 11.5 Å². The zero-order valence-corrected chi connectivity index (χ0v) is 11.9. The van der Waals surface area contributed by atoms with Crippen molar-refractivity contribution >= 4 is 50.5 Å². The Morgan fingerprint density at radius 3 is 3.06 bits per heavy atom. The minimum atomic E-state index is 0.274. The topological polar surface area (TPSA) is 50.7 Å². The minimum Gasteiger partial charge on any atom is -0.364 e. The van der Waals surface area contributed by atoms with Gasteiger partial charge in [0.25, 0.3) is 0 Å². The standard InChI is InChI=1S/C11H9ClN4S2/c1-6-5-17-9-8(6)15-11(12)16-10(9)13-4-7-2-3-14-18-7/h2-3,5H,4H2,1H3,(H,13,15,16). The summed E-state index contributed by atoms with van der Waals surface area (Å²) in [5, 5.41) is 5.63. The third-order valence-corrected chi connectivity index (χ3v) is 4.49. The predicted molar refractivity (Wildman–Crippen MR) is 76.6 cm³/mol. The molecule has 92 valence electrons. The van der Waals surface area contributed by atoms with E-state index in [4.69, 9.17) is 11.6 Å². The van der Waals surface area contributed by atoms with Crippen molar-refractivity contribution in [1.82, 2.24) is 14.3 Å². The van der Waals surface area contributed by atoms with Gasteiger partial charge < -0.3 is 5.32 Å². The Kier molecular flexibility index (Phi) is 3.15. The third kappa shape index (κ3) is 2.19. The molecule has 0 radical (unpaired) electrons. The largest absolute Gasteiger partial charge is 0.364 e. The maximum atomic E-state index is 5.95. The first-order valence-electron chi connectivity index (χ1n) is 5.29. The first kappa shape index (κ1) is 11.8. The highest BCUT2D eigenvalue weighted by atomic mass is 35.5. The number of hydrogen-bond acceptors (Lipinski definition) is 6. The molecule has 0 atom stereocenters. The highest BCUT2D eigenvalue weighted by Crippen LogP contribution is 2.30. The fraction of sp³-hybridized carbons (Fsp3) is 0.182. The lowest BCUT2D eigenvalue weighted by Gasteiger charge is -2.05. The molecule has 1 N–H and O–H groups in total. The van der Waals surface area contributed by atoms with Gasteiger partial charge in [-0.3, -0.25) is 0 Å². The zero-order chi connectivity index (χ0) is 12.5. The molecule has 3 aromatic heterocycles. The molecule has 0 saturated heterocycles. The molecule has 0 aromatic carbocycles. The molecule has 0 amide bonds. The number of anilines is 1. The maximum Gasteiger partial charge on any atom is 0.224 e. The van der Waals surface area contributed by atoms with Crippen LogP contribution in [-0.2, 0) is 6.54 Å². The van der Waals surface area contributed by atoms with Crippen LogP contribution in [0.15, 0.2) is 17.6 Å². The van der Waals surface area contributed by atoms with E-state index in [0.717, 1.165) is 26.5 Å². The third-order valence-electron chi connectivity index (χ3n) is 2.49. The molecule has 3 rings (SSSR count). The average Bonchev–Trinajstić information content (AvgIpc) is 2.97. The van der Waals surface area contributed by atoms with Crippen LogP contribution in [0.1, 0.15) is 10.4 Å². The molecule has 0 bridgehead atoms. The number of aryl methyl sites for hydroxylation is 1. The van der Waals surface area contributed by atoms with Crippen molar-refractivity contribution in [3.63, 3.8) is 0 Å². The molecule has 0 aliphatic heterocycles. The Bertz CT molecular complexity index is 678. The van der Waals surface area contributed by atoms with Gasteiger partial charge in [0, 0.05) is 11.1 Å². The molecule has 0 unspecified atom stereocenters. The summed E-state index contributed by atoms with van der Waals surface area (Å²) in [4.78, 5) is 9.67. The molecule has 0 saturated carbocycles. The van der Waals surface area contributed by atoms with Gasteiger partial charge >= 0.3 is 0 Å². The van der Waals surface area contributed by atoms with Crippen molar-refractivity contribution in [2.75, 3.05) is 5.32 Å². The summed E-state index contributed by atoms with van der Waals surface area (Å²) in [6, 6.07) is 1.98. The van der Waals surface area contributed by atoms with Gasteiger partial charge in [0.1, 0.15) is 5.82 Å². The second kappa shape index (κ2) is 4.79. The molecule has 4 nitrogen and oxygen atoms in total. The summed E-state index contributed by atoms with van der Waals surface area (Å²) in [6.45, 7) is 2.72. The number of fused-ring (bicyclic) bond motifs is 1. The predicted octanol–water partition coefficient (Wildman–Crippen LogP) is 3.72. The monoisotopic (exact) mass is 296 g/mol. The van der Waals surface area contributed by atoms with Crippen LogP contribution in [0.3, 0.4) is 0 Å². The fourth-order valence-electron chi connectivity index (χ4n) is 1.63. The van der Waals surface area contributed by atoms with Crippen LogP contribution in [0.25, 0.3) is 10.2 Å². The van der Waals surface area contributed by atoms with Crippen molar-refractivity contribution in [3.05, 3.63) is 33.4 Å². The molecular formula is C11H9ClN4S2. The van der Waals surface area contributed by atoms with Crippen LogP contribution in [0.4, 0.5) is 5.82 Å². The van der Waals surface area contributed by atoms with E-state index in [9.17, 15) is 0 Å². The molecule has 0 aliphatic carbocycles. The lowest BCUT2D eigenvalue weighted by molar-refractivity contribution is 1.13. The molecule has 3 heterocycles. The number of thiophene rings is 1. The molecule has 3 aromatic rings. The van der Waals surface area contributed by atoms with Gasteiger partial charge in [-0.05, 0) is 47.1 Å². The molecule has 0 fully saturated rings. The molecule has 0 aliphatic rings. The Balaban J connectivity index is 1.95. The van der Waals surface area contributed by atoms with Crippen LogP contribution >= 0.6 is 34.5 Å². The van der Waals surface area contributed by atoms with E-state index in [1.54, 1.807) is 17.5 Å². The van der Waals surface area contributed by atoms with Gasteiger partial charge in [-0.15, -0.1) is 11.3 Å². The van der Waals surface area contributed by atoms with Crippen LogP contribution < -0.4 is 5.32 Å². The summed E-state index contributed by atoms with van der Waals surface area (Å²) in [7, 11) is 0. The minimum absolute atomic E-state index is 0.274. The van der Waals surface area contributed by atoms with Crippen LogP contribution in [0.5, 0.6) is 0 Å². The summed E-state index contributed by atoms with van der Waals surface area (Å²) < 4.78 is 5.11. The Labute approximate surface area is 117 Å². The van der Waals surface area contributed by atoms with Crippen LogP contribution in [0.2, 0.25) is 5.28 Å². The van der Waals surface area contributed by atoms with E-state index in [0.29, 0.717) is 6.54 Å². The van der Waals surface area contributed by atoms with Crippen molar-refractivity contribution in [3.8, 4) is 0 Å². The van der Waals surface area contributed by atoms with Gasteiger partial charge in [0.2, 0.25) is 5.28 Å². The smallest absolute Gasteiger partial charge is 0.224 e. The fourth-order valence-corrected chi connectivity index (χ4v) is 3.27. The van der Waals surface area contributed by atoms with E-state index in [-0.39, 0.29) is 5.28 Å². The molecule has 18 heavy (non-hydrogen) atoms. The lowest BCUT2D eigenvalue weighted by Crippen LogP contribution is -2.01. The number of aromatic nitrogens is 3. The second-order valence-electron chi connectivity index (χ2n) is 3.77. The number of halogens is 1. The van der Waals surface area contributed by atoms with Crippen molar-refractivity contribution in [1.29, 1.82) is 0 Å². The average molecular weight is 297 g/mol. The van der Waals surface area contributed by atoms with E-state index < -0.39 is 0 Å². The SMILES string of the molecule is Cc1csc2c(NCc3ccns3)nc(Cl)nc12. The second-order valence-corrected chi connectivity index (χ2v) is 5.91. The quantitative estimate of drug-likeness (QED) is 0.748. The maximum absolute atomic E-state index is 5.95. The number of nitrogens with zero attached hydrogens (tertiary/aromatic N) is 3. The lowest BCUT2D eigenvalue weighted by atomic mass is 10.3. The summed E-state index contributed by atoms with van der Waals surface area (Å²) in [5.41, 5.74) is 2.05. The van der Waals surface area contributed by atoms with Gasteiger partial charge in [-0.1, -0.05) is 0 Å². The summed E-state index contributed by atoms with van der Waals surface area (Å²) in [6.07, 6.45) is 1.79. The number of nitrogens with one attached hydrogen (secondary N) is 1. The molecule has 0 spiro atoms. The van der Waals surface area contributed by atoms with Gasteiger partial charge in [0.05, 0.1) is 16.8 Å². The molecular weight excluding hydrogens is 288 g/mol. The Morgan fingerprint density at radius 2 is 2.28 bits per heavy atom. The highest BCUT2D eigenvalue weighted by molar-refractivity contribution is 7.18. The number of rotatable bonds is 3. The van der Waals surface area contributed by atoms with E-state index in [1.807, 2.05) is 13.0 Å². The van der Waals surface area contributed by atoms with Gasteiger partial charge in [-0.25, -0.2) is 9.36 Å². The summed E-state index contributed by atoms with van der Waals surface area (Å²) in [5.74, 6) is 0.788. The first-order valence-corrected chi connectivity index (χ1v) is 7.32. The number of hydrogen-bond donors (Lipinski definition) is 1. The first-order chi connectivity index (χ1) is 8.74. The van der Waals surface area contributed by atoms with Crippen molar-refractivity contribution in [2.24, 2.45) is 0 Å². The van der Waals surface area contributed by atoms with E-state index >= 15 is 0 Å². The highest BCUT2D eigenvalue weighted by Gasteiger charge is 2.10. The molecule has 7 heteroatoms. The van der Waals surface area contributed by atoms with Crippen molar-refractivity contribution in [2.45, 2.75) is 13.5 Å². The van der Waals surface area contributed by atoms with Crippen molar-refractivity contribution < 1.29 is 0 Å². The van der Waals surface area contributed by atoms with Gasteiger partial charge in [-0.2, -0.15) is 4.98 Å². The van der Waals surface area contributed by atoms with Crippen LogP contribution in [-0.4, -0.2) is 14.3 Å². The van der Waals surface area contributed by atoms with Gasteiger partial charge in [0.15, 0.2) is 0 Å². The van der Waals surface area contributed by atoms with E-state index in [2.05, 4.69) is 25.0 Å². The Morgan fingerprint density at radius 1 is 1.39 bits per heavy atom. The summed E-state index contributed by atoms with van der Waals surface area (Å²) >= 11 is 9.05. The zero-order valence-electron chi connectivity index (χ0n) is 9.48. The normalized spacial score (nSPS) is 11.0.